The zero-order chi connectivity index (χ0) is 15.0. The molecular weight excluding hydrogens is 258 g/mol. The fourth-order valence-electron chi connectivity index (χ4n) is 1.85. The molecule has 0 radical (unpaired) electrons. The van der Waals surface area contributed by atoms with Gasteiger partial charge in [-0.25, -0.2) is 4.79 Å². The summed E-state index contributed by atoms with van der Waals surface area (Å²) in [5, 5.41) is 0. The first-order chi connectivity index (χ1) is 9.56. The fraction of sp³-hybridized carbons (Fsp3) is 0.467. The molecule has 20 heavy (non-hydrogen) atoms. The highest BCUT2D eigenvalue weighted by molar-refractivity contribution is 5.89. The maximum absolute atomic E-state index is 11.3. The second-order valence-corrected chi connectivity index (χ2v) is 4.61. The summed E-state index contributed by atoms with van der Waals surface area (Å²) in [6.07, 6.45) is 1.20. The SMILES string of the molecule is COC(=O)CCCN(C)Cc1ccc(C(=O)OC)cc1. The first-order valence-corrected chi connectivity index (χ1v) is 6.49. The van der Waals surface area contributed by atoms with E-state index < -0.39 is 0 Å². The number of nitrogens with zero attached hydrogens (tertiary/aromatic N) is 1. The second kappa shape index (κ2) is 8.32. The van der Waals surface area contributed by atoms with Gasteiger partial charge in [0, 0.05) is 13.0 Å². The van der Waals surface area contributed by atoms with Crippen molar-refractivity contribution in [3.63, 3.8) is 0 Å². The maximum atomic E-state index is 11.3. The summed E-state index contributed by atoms with van der Waals surface area (Å²) in [6.45, 7) is 1.58. The van der Waals surface area contributed by atoms with E-state index in [1.165, 1.54) is 14.2 Å². The number of carbonyl (C=O) groups excluding carboxylic acids is 2. The van der Waals surface area contributed by atoms with Gasteiger partial charge in [0.1, 0.15) is 0 Å². The number of esters is 2. The molecule has 0 unspecified atom stereocenters. The van der Waals surface area contributed by atoms with Crippen molar-refractivity contribution in [2.75, 3.05) is 27.8 Å². The molecular formula is C15H21NO4. The third kappa shape index (κ3) is 5.40. The minimum atomic E-state index is -0.331. The molecule has 0 aliphatic heterocycles. The lowest BCUT2D eigenvalue weighted by Crippen LogP contribution is -2.20. The van der Waals surface area contributed by atoms with E-state index in [9.17, 15) is 9.59 Å². The Kier molecular flexibility index (Phi) is 6.73. The van der Waals surface area contributed by atoms with E-state index in [1.807, 2.05) is 19.2 Å². The molecule has 110 valence electrons. The third-order valence-corrected chi connectivity index (χ3v) is 2.98. The summed E-state index contributed by atoms with van der Waals surface area (Å²) in [5.74, 6) is -0.510. The van der Waals surface area contributed by atoms with Gasteiger partial charge < -0.3 is 14.4 Å². The Bertz CT molecular complexity index is 442. The molecule has 0 fully saturated rings. The quantitative estimate of drug-likeness (QED) is 0.713. The molecule has 1 aromatic rings. The van der Waals surface area contributed by atoms with E-state index in [0.717, 1.165) is 25.1 Å². The van der Waals surface area contributed by atoms with Crippen LogP contribution >= 0.6 is 0 Å². The van der Waals surface area contributed by atoms with Gasteiger partial charge in [-0.1, -0.05) is 12.1 Å². The number of benzene rings is 1. The van der Waals surface area contributed by atoms with Gasteiger partial charge in [0.25, 0.3) is 0 Å². The van der Waals surface area contributed by atoms with Crippen molar-refractivity contribution >= 4 is 11.9 Å². The molecule has 0 aliphatic carbocycles. The maximum Gasteiger partial charge on any atom is 0.337 e. The average molecular weight is 279 g/mol. The molecule has 1 rings (SSSR count). The van der Waals surface area contributed by atoms with Crippen molar-refractivity contribution < 1.29 is 19.1 Å². The zero-order valence-corrected chi connectivity index (χ0v) is 12.2. The van der Waals surface area contributed by atoms with Gasteiger partial charge in [0.05, 0.1) is 19.8 Å². The number of ether oxygens (including phenoxy) is 2. The standard InChI is InChI=1S/C15H21NO4/c1-16(10-4-5-14(17)19-2)11-12-6-8-13(9-7-12)15(18)20-3/h6-9H,4-5,10-11H2,1-3H3. The lowest BCUT2D eigenvalue weighted by Gasteiger charge is -2.16. The van der Waals surface area contributed by atoms with E-state index in [2.05, 4.69) is 14.4 Å². The van der Waals surface area contributed by atoms with Crippen LogP contribution in [0.15, 0.2) is 24.3 Å². The van der Waals surface area contributed by atoms with E-state index >= 15 is 0 Å². The fourth-order valence-corrected chi connectivity index (χ4v) is 1.85. The Morgan fingerprint density at radius 3 is 2.30 bits per heavy atom. The van der Waals surface area contributed by atoms with E-state index in [4.69, 9.17) is 0 Å². The van der Waals surface area contributed by atoms with Gasteiger partial charge in [0.15, 0.2) is 0 Å². The largest absolute Gasteiger partial charge is 0.469 e. The Morgan fingerprint density at radius 2 is 1.75 bits per heavy atom. The van der Waals surface area contributed by atoms with Gasteiger partial charge in [0.2, 0.25) is 0 Å². The predicted molar refractivity (Wildman–Crippen MR) is 75.4 cm³/mol. The van der Waals surface area contributed by atoms with Crippen LogP contribution in [0.25, 0.3) is 0 Å². The minimum absolute atomic E-state index is 0.180. The van der Waals surface area contributed by atoms with Crippen molar-refractivity contribution in [3.05, 3.63) is 35.4 Å². The summed E-state index contributed by atoms with van der Waals surface area (Å²) in [5.41, 5.74) is 1.66. The lowest BCUT2D eigenvalue weighted by molar-refractivity contribution is -0.140. The Morgan fingerprint density at radius 1 is 1.10 bits per heavy atom. The van der Waals surface area contributed by atoms with Crippen molar-refractivity contribution in [3.8, 4) is 0 Å². The topological polar surface area (TPSA) is 55.8 Å². The highest BCUT2D eigenvalue weighted by Crippen LogP contribution is 2.08. The van der Waals surface area contributed by atoms with Crippen LogP contribution in [0.3, 0.4) is 0 Å². The van der Waals surface area contributed by atoms with Crippen LogP contribution in [-0.2, 0) is 20.8 Å². The molecule has 0 bridgehead atoms. The molecule has 0 aliphatic rings. The zero-order valence-electron chi connectivity index (χ0n) is 12.2. The molecule has 0 atom stereocenters. The van der Waals surface area contributed by atoms with E-state index in [0.29, 0.717) is 12.0 Å². The van der Waals surface area contributed by atoms with E-state index in [1.54, 1.807) is 12.1 Å². The first kappa shape index (κ1) is 16.2. The molecule has 0 saturated heterocycles. The number of rotatable bonds is 7. The van der Waals surface area contributed by atoms with Gasteiger partial charge in [-0.15, -0.1) is 0 Å². The van der Waals surface area contributed by atoms with Crippen LogP contribution in [-0.4, -0.2) is 44.7 Å². The summed E-state index contributed by atoms with van der Waals surface area (Å²) >= 11 is 0. The van der Waals surface area contributed by atoms with Crippen LogP contribution in [0, 0.1) is 0 Å². The molecule has 5 nitrogen and oxygen atoms in total. The van der Waals surface area contributed by atoms with Crippen LogP contribution < -0.4 is 0 Å². The number of hydrogen-bond acceptors (Lipinski definition) is 5. The van der Waals surface area contributed by atoms with E-state index in [-0.39, 0.29) is 11.9 Å². The van der Waals surface area contributed by atoms with Crippen LogP contribution in [0.4, 0.5) is 0 Å². The Balaban J connectivity index is 2.40. The summed E-state index contributed by atoms with van der Waals surface area (Å²) in [7, 11) is 4.76. The Labute approximate surface area is 119 Å². The van der Waals surface area contributed by atoms with Gasteiger partial charge in [-0.2, -0.15) is 0 Å². The smallest absolute Gasteiger partial charge is 0.337 e. The monoisotopic (exact) mass is 279 g/mol. The highest BCUT2D eigenvalue weighted by Gasteiger charge is 2.06. The average Bonchev–Trinajstić information content (AvgIpc) is 2.47. The summed E-state index contributed by atoms with van der Waals surface area (Å²) in [6, 6.07) is 7.32. The number of methoxy groups -OCH3 is 2. The molecule has 5 heteroatoms. The number of hydrogen-bond donors (Lipinski definition) is 0. The predicted octanol–water partition coefficient (Wildman–Crippen LogP) is 1.86. The normalized spacial score (nSPS) is 10.4. The second-order valence-electron chi connectivity index (χ2n) is 4.61. The third-order valence-electron chi connectivity index (χ3n) is 2.98. The highest BCUT2D eigenvalue weighted by atomic mass is 16.5. The molecule has 0 saturated carbocycles. The molecule has 1 aromatic carbocycles. The summed E-state index contributed by atoms with van der Waals surface area (Å²) < 4.78 is 9.25. The van der Waals surface area contributed by atoms with Crippen molar-refractivity contribution in [2.24, 2.45) is 0 Å². The molecule has 0 spiro atoms. The van der Waals surface area contributed by atoms with Crippen LogP contribution in [0.1, 0.15) is 28.8 Å². The van der Waals surface area contributed by atoms with Gasteiger partial charge in [-0.05, 0) is 37.7 Å². The van der Waals surface area contributed by atoms with Gasteiger partial charge in [-0.3, -0.25) is 4.79 Å². The molecule has 0 amide bonds. The van der Waals surface area contributed by atoms with Crippen molar-refractivity contribution in [1.82, 2.24) is 4.90 Å². The molecule has 0 heterocycles. The van der Waals surface area contributed by atoms with Crippen molar-refractivity contribution in [1.29, 1.82) is 0 Å². The summed E-state index contributed by atoms with van der Waals surface area (Å²) in [4.78, 5) is 24.4. The molecule has 0 aromatic heterocycles. The van der Waals surface area contributed by atoms with Crippen LogP contribution in [0.2, 0.25) is 0 Å². The Hall–Kier alpha value is -1.88. The number of carbonyl (C=O) groups is 2. The minimum Gasteiger partial charge on any atom is -0.469 e. The van der Waals surface area contributed by atoms with Gasteiger partial charge >= 0.3 is 11.9 Å². The first-order valence-electron chi connectivity index (χ1n) is 6.49. The van der Waals surface area contributed by atoms with Crippen LogP contribution in [0.5, 0.6) is 0 Å². The lowest BCUT2D eigenvalue weighted by atomic mass is 10.1. The van der Waals surface area contributed by atoms with Crippen molar-refractivity contribution in [2.45, 2.75) is 19.4 Å². The molecule has 0 N–H and O–H groups in total.